The molecule has 0 saturated carbocycles. The molecule has 0 radical (unpaired) electrons. The lowest BCUT2D eigenvalue weighted by atomic mass is 10.1. The molecule has 0 spiro atoms. The molecule has 1 aliphatic heterocycles. The Balaban J connectivity index is 1.99. The third-order valence-electron chi connectivity index (χ3n) is 3.32. The molecule has 0 aliphatic carbocycles. The number of nitro benzene ring substituents is 1. The Morgan fingerprint density at radius 3 is 2.90 bits per heavy atom. The Morgan fingerprint density at radius 2 is 2.35 bits per heavy atom. The molecule has 0 unspecified atom stereocenters. The van der Waals surface area contributed by atoms with E-state index in [-0.39, 0.29) is 30.2 Å². The highest BCUT2D eigenvalue weighted by atomic mass is 79.9. The van der Waals surface area contributed by atoms with E-state index >= 15 is 0 Å². The number of amides is 1. The molecule has 1 aliphatic rings. The number of hydrogen-bond donors (Lipinski definition) is 1. The van der Waals surface area contributed by atoms with Gasteiger partial charge >= 0.3 is 0 Å². The fraction of sp³-hybridized carbons (Fsp3) is 0.462. The van der Waals surface area contributed by atoms with Crippen molar-refractivity contribution in [2.45, 2.75) is 31.9 Å². The Labute approximate surface area is 124 Å². The molecule has 6 nitrogen and oxygen atoms in total. The smallest absolute Gasteiger partial charge is 0.270 e. The average molecular weight is 343 g/mol. The van der Waals surface area contributed by atoms with E-state index in [1.807, 2.05) is 6.92 Å². The van der Waals surface area contributed by atoms with Crippen LogP contribution in [0.4, 0.5) is 5.69 Å². The van der Waals surface area contributed by atoms with Gasteiger partial charge in [0.25, 0.3) is 5.69 Å². The molecular formula is C13H15BrN2O4. The normalized spacial score (nSPS) is 21.7. The second-order valence-electron chi connectivity index (χ2n) is 4.75. The maximum Gasteiger partial charge on any atom is 0.270 e. The molecule has 1 aromatic carbocycles. The van der Waals surface area contributed by atoms with E-state index in [1.165, 1.54) is 12.1 Å². The van der Waals surface area contributed by atoms with Gasteiger partial charge in [0.2, 0.25) is 5.91 Å². The van der Waals surface area contributed by atoms with Crippen molar-refractivity contribution in [1.29, 1.82) is 0 Å². The number of halogens is 1. The molecule has 7 heteroatoms. The lowest BCUT2D eigenvalue weighted by Crippen LogP contribution is -2.39. The highest BCUT2D eigenvalue weighted by molar-refractivity contribution is 9.10. The number of ether oxygens (including phenoxy) is 1. The first-order chi connectivity index (χ1) is 9.47. The van der Waals surface area contributed by atoms with E-state index in [4.69, 9.17) is 4.74 Å². The Morgan fingerprint density at radius 1 is 1.60 bits per heavy atom. The minimum absolute atomic E-state index is 0.00107. The number of rotatable bonds is 4. The van der Waals surface area contributed by atoms with Gasteiger partial charge in [-0.25, -0.2) is 0 Å². The fourth-order valence-corrected chi connectivity index (χ4v) is 2.65. The lowest BCUT2D eigenvalue weighted by Gasteiger charge is -2.16. The number of carbonyl (C=O) groups is 1. The summed E-state index contributed by atoms with van der Waals surface area (Å²) in [5.41, 5.74) is 0.721. The zero-order valence-electron chi connectivity index (χ0n) is 11.0. The van der Waals surface area contributed by atoms with Crippen molar-refractivity contribution >= 4 is 27.5 Å². The lowest BCUT2D eigenvalue weighted by molar-refractivity contribution is -0.384. The van der Waals surface area contributed by atoms with Crippen LogP contribution in [0.3, 0.4) is 0 Å². The van der Waals surface area contributed by atoms with Crippen LogP contribution in [0, 0.1) is 10.1 Å². The summed E-state index contributed by atoms with van der Waals surface area (Å²) in [6.45, 7) is 2.59. The third-order valence-corrected chi connectivity index (χ3v) is 4.06. The number of hydrogen-bond acceptors (Lipinski definition) is 4. The van der Waals surface area contributed by atoms with Crippen molar-refractivity contribution in [2.24, 2.45) is 0 Å². The number of nitrogens with zero attached hydrogens (tertiary/aromatic N) is 1. The predicted octanol–water partition coefficient (Wildman–Crippen LogP) is 2.19. The minimum Gasteiger partial charge on any atom is -0.376 e. The van der Waals surface area contributed by atoms with Gasteiger partial charge in [0.15, 0.2) is 0 Å². The first-order valence-electron chi connectivity index (χ1n) is 6.31. The zero-order chi connectivity index (χ0) is 14.7. The second-order valence-corrected chi connectivity index (χ2v) is 5.60. The standard InChI is InChI=1S/C13H15BrN2O4/c1-8-12(4-5-20-8)15-13(17)6-9-2-3-10(16(18)19)7-11(9)14/h2-3,7-8,12H,4-6H2,1H3,(H,15,17)/t8-,12-/m0/s1. The summed E-state index contributed by atoms with van der Waals surface area (Å²) in [6.07, 6.45) is 1.02. The molecule has 0 bridgehead atoms. The van der Waals surface area contributed by atoms with Crippen LogP contribution in [0.25, 0.3) is 0 Å². The van der Waals surface area contributed by atoms with Crippen molar-refractivity contribution in [3.63, 3.8) is 0 Å². The molecule has 2 rings (SSSR count). The summed E-state index contributed by atoms with van der Waals surface area (Å²) < 4.78 is 5.95. The maximum absolute atomic E-state index is 12.0. The van der Waals surface area contributed by atoms with Crippen LogP contribution in [0.2, 0.25) is 0 Å². The van der Waals surface area contributed by atoms with Gasteiger partial charge in [-0.1, -0.05) is 22.0 Å². The summed E-state index contributed by atoms with van der Waals surface area (Å²) in [7, 11) is 0. The molecule has 108 valence electrons. The SMILES string of the molecule is C[C@@H]1OCC[C@@H]1NC(=O)Cc1ccc([N+](=O)[O-])cc1Br. The molecule has 1 fully saturated rings. The first kappa shape index (κ1) is 14.9. The van der Waals surface area contributed by atoms with Gasteiger partial charge in [-0.05, 0) is 18.9 Å². The van der Waals surface area contributed by atoms with E-state index in [1.54, 1.807) is 6.07 Å². The van der Waals surface area contributed by atoms with E-state index in [0.717, 1.165) is 12.0 Å². The van der Waals surface area contributed by atoms with E-state index in [9.17, 15) is 14.9 Å². The van der Waals surface area contributed by atoms with Gasteiger partial charge in [0.1, 0.15) is 0 Å². The van der Waals surface area contributed by atoms with Crippen molar-refractivity contribution in [1.82, 2.24) is 5.32 Å². The molecule has 1 aromatic rings. The summed E-state index contributed by atoms with van der Waals surface area (Å²) in [5.74, 6) is -0.109. The number of nitro groups is 1. The number of benzene rings is 1. The van der Waals surface area contributed by atoms with Gasteiger partial charge in [-0.3, -0.25) is 14.9 Å². The van der Waals surface area contributed by atoms with Crippen LogP contribution in [0.15, 0.2) is 22.7 Å². The van der Waals surface area contributed by atoms with Crippen LogP contribution in [0.1, 0.15) is 18.9 Å². The van der Waals surface area contributed by atoms with Crippen LogP contribution in [0.5, 0.6) is 0 Å². The molecule has 1 saturated heterocycles. The van der Waals surface area contributed by atoms with E-state index < -0.39 is 4.92 Å². The van der Waals surface area contributed by atoms with Crippen molar-refractivity contribution in [2.75, 3.05) is 6.61 Å². The van der Waals surface area contributed by atoms with Gasteiger partial charge in [-0.2, -0.15) is 0 Å². The maximum atomic E-state index is 12.0. The largest absolute Gasteiger partial charge is 0.376 e. The summed E-state index contributed by atoms with van der Waals surface area (Å²) in [5, 5.41) is 13.6. The summed E-state index contributed by atoms with van der Waals surface area (Å²) in [4.78, 5) is 22.1. The van der Waals surface area contributed by atoms with Crippen molar-refractivity contribution < 1.29 is 14.5 Å². The van der Waals surface area contributed by atoms with Gasteiger partial charge in [-0.15, -0.1) is 0 Å². The van der Waals surface area contributed by atoms with Crippen LogP contribution in [-0.4, -0.2) is 29.6 Å². The molecule has 1 amide bonds. The first-order valence-corrected chi connectivity index (χ1v) is 7.10. The van der Waals surface area contributed by atoms with Crippen LogP contribution < -0.4 is 5.32 Å². The zero-order valence-corrected chi connectivity index (χ0v) is 12.6. The number of nitrogens with one attached hydrogen (secondary N) is 1. The topological polar surface area (TPSA) is 81.5 Å². The fourth-order valence-electron chi connectivity index (χ4n) is 2.15. The van der Waals surface area contributed by atoms with E-state index in [2.05, 4.69) is 21.2 Å². The molecular weight excluding hydrogens is 328 g/mol. The van der Waals surface area contributed by atoms with Crippen LogP contribution in [-0.2, 0) is 16.0 Å². The summed E-state index contributed by atoms with van der Waals surface area (Å²) >= 11 is 3.26. The monoisotopic (exact) mass is 342 g/mol. The highest BCUT2D eigenvalue weighted by Crippen LogP contribution is 2.23. The Kier molecular flexibility index (Phi) is 4.72. The second kappa shape index (κ2) is 6.32. The van der Waals surface area contributed by atoms with Gasteiger partial charge in [0, 0.05) is 23.2 Å². The van der Waals surface area contributed by atoms with Crippen molar-refractivity contribution in [3.05, 3.63) is 38.3 Å². The molecule has 20 heavy (non-hydrogen) atoms. The highest BCUT2D eigenvalue weighted by Gasteiger charge is 2.25. The summed E-state index contributed by atoms with van der Waals surface area (Å²) in [6, 6.07) is 4.44. The van der Waals surface area contributed by atoms with Crippen molar-refractivity contribution in [3.8, 4) is 0 Å². The predicted molar refractivity (Wildman–Crippen MR) is 76.5 cm³/mol. The Hall–Kier alpha value is -1.47. The van der Waals surface area contributed by atoms with E-state index in [0.29, 0.717) is 11.1 Å². The quantitative estimate of drug-likeness (QED) is 0.671. The average Bonchev–Trinajstić information content (AvgIpc) is 2.77. The Bertz CT molecular complexity index is 535. The van der Waals surface area contributed by atoms with Gasteiger partial charge in [0.05, 0.1) is 23.5 Å². The van der Waals surface area contributed by atoms with Crippen LogP contribution >= 0.6 is 15.9 Å². The minimum atomic E-state index is -0.466. The molecule has 2 atom stereocenters. The molecule has 1 heterocycles. The molecule has 1 N–H and O–H groups in total. The molecule has 0 aromatic heterocycles. The van der Waals surface area contributed by atoms with Gasteiger partial charge < -0.3 is 10.1 Å². The number of non-ortho nitro benzene ring substituents is 1. The number of carbonyl (C=O) groups excluding carboxylic acids is 1. The third kappa shape index (κ3) is 3.55.